The molecule has 7 nitrogen and oxygen atoms in total. The molecule has 1 heterocycles. The number of nitrogens with one attached hydrogen (secondary N) is 1. The molecule has 0 atom stereocenters. The van der Waals surface area contributed by atoms with E-state index < -0.39 is 29.1 Å². The first-order chi connectivity index (χ1) is 19.4. The maximum atomic E-state index is 13.7. The van der Waals surface area contributed by atoms with Crippen molar-refractivity contribution in [3.63, 3.8) is 0 Å². The molecule has 4 rings (SSSR count). The van der Waals surface area contributed by atoms with Gasteiger partial charge in [0.1, 0.15) is 5.82 Å². The van der Waals surface area contributed by atoms with Crippen molar-refractivity contribution >= 4 is 16.6 Å². The normalized spacial score (nSPS) is 12.6. The van der Waals surface area contributed by atoms with Gasteiger partial charge in [0.2, 0.25) is 0 Å². The van der Waals surface area contributed by atoms with Crippen LogP contribution in [-0.2, 0) is 16.8 Å². The summed E-state index contributed by atoms with van der Waals surface area (Å²) >= 11 is 0. The number of anilines is 1. The van der Waals surface area contributed by atoms with Gasteiger partial charge in [-0.25, -0.2) is 4.98 Å². The lowest BCUT2D eigenvalue weighted by Gasteiger charge is -2.32. The molecule has 0 fully saturated rings. The van der Waals surface area contributed by atoms with Gasteiger partial charge in [-0.1, -0.05) is 42.5 Å². The van der Waals surface area contributed by atoms with Gasteiger partial charge in [0.25, 0.3) is 11.2 Å². The Kier molecular flexibility index (Phi) is 8.71. The molecular formula is C28H25F6N3O4. The predicted molar refractivity (Wildman–Crippen MR) is 139 cm³/mol. The van der Waals surface area contributed by atoms with Crippen molar-refractivity contribution in [3.05, 3.63) is 100 Å². The number of fused-ring (bicyclic) bond motifs is 1. The minimum atomic E-state index is -6.04. The number of aliphatic hydroxyl groups is 2. The molecule has 0 unspecified atom stereocenters. The minimum Gasteiger partial charge on any atom is -0.394 e. The summed E-state index contributed by atoms with van der Waals surface area (Å²) < 4.78 is 86.6. The molecular weight excluding hydrogens is 556 g/mol. The first-order valence-corrected chi connectivity index (χ1v) is 12.4. The summed E-state index contributed by atoms with van der Waals surface area (Å²) in [5.74, 6) is 0.196. The zero-order valence-corrected chi connectivity index (χ0v) is 21.3. The third-order valence-electron chi connectivity index (χ3n) is 6.32. The van der Waals surface area contributed by atoms with E-state index in [9.17, 15) is 36.2 Å². The molecule has 0 saturated heterocycles. The van der Waals surface area contributed by atoms with Crippen LogP contribution in [-0.4, -0.2) is 58.5 Å². The highest BCUT2D eigenvalue weighted by atomic mass is 19.4. The molecule has 3 N–H and O–H groups in total. The number of hydrogen-bond donors (Lipinski definition) is 3. The molecule has 13 heteroatoms. The molecule has 3 aromatic carbocycles. The summed E-state index contributed by atoms with van der Waals surface area (Å²) in [4.78, 5) is 18.3. The molecule has 0 aliphatic carbocycles. The molecule has 4 aromatic rings. The Morgan fingerprint density at radius 3 is 2.15 bits per heavy atom. The third kappa shape index (κ3) is 6.21. The molecule has 0 saturated carbocycles. The van der Waals surface area contributed by atoms with E-state index >= 15 is 0 Å². The maximum absolute atomic E-state index is 13.7. The average molecular weight is 582 g/mol. The van der Waals surface area contributed by atoms with Crippen LogP contribution < -0.4 is 10.9 Å². The van der Waals surface area contributed by atoms with Crippen molar-refractivity contribution in [1.82, 2.24) is 9.55 Å². The predicted octanol–water partition coefficient (Wildman–Crippen LogP) is 4.71. The van der Waals surface area contributed by atoms with Gasteiger partial charge in [-0.15, -0.1) is 0 Å². The number of benzene rings is 3. The fourth-order valence-corrected chi connectivity index (χ4v) is 4.28. The maximum Gasteiger partial charge on any atom is 0.430 e. The highest BCUT2D eigenvalue weighted by Gasteiger charge is 2.71. The van der Waals surface area contributed by atoms with Crippen molar-refractivity contribution in [2.24, 2.45) is 0 Å². The second-order valence-corrected chi connectivity index (χ2v) is 9.08. The van der Waals surface area contributed by atoms with Crippen LogP contribution in [0, 0.1) is 0 Å². The number of nitrogens with zero attached hydrogens (tertiary/aromatic N) is 2. The quantitative estimate of drug-likeness (QED) is 0.186. The summed E-state index contributed by atoms with van der Waals surface area (Å²) in [6.45, 7) is 0.688. The standard InChI is InChI=1S/C28H25F6N3O4/c29-27(30,31)26(40,28(32,33)34)19-6-9-21(10-7-19)37-24(16-18-4-2-1-3-5-18)36-23-11-8-20(17-22(23)25(37)39)35-12-14-41-15-13-38/h1-11,17,35,38,40H,12-16H2. The topological polar surface area (TPSA) is 96.6 Å². The number of aliphatic hydroxyl groups excluding tert-OH is 1. The van der Waals surface area contributed by atoms with E-state index in [0.717, 1.165) is 22.3 Å². The zero-order chi connectivity index (χ0) is 29.8. The smallest absolute Gasteiger partial charge is 0.394 e. The highest BCUT2D eigenvalue weighted by molar-refractivity contribution is 5.82. The number of alkyl halides is 6. The Morgan fingerprint density at radius 2 is 1.54 bits per heavy atom. The fourth-order valence-electron chi connectivity index (χ4n) is 4.28. The third-order valence-corrected chi connectivity index (χ3v) is 6.32. The van der Waals surface area contributed by atoms with Crippen molar-refractivity contribution in [1.29, 1.82) is 0 Å². The van der Waals surface area contributed by atoms with Crippen molar-refractivity contribution in [2.45, 2.75) is 24.4 Å². The van der Waals surface area contributed by atoms with Gasteiger partial charge in [0.05, 0.1) is 36.4 Å². The van der Waals surface area contributed by atoms with Crippen LogP contribution in [0.2, 0.25) is 0 Å². The van der Waals surface area contributed by atoms with Crippen LogP contribution in [0.4, 0.5) is 32.0 Å². The Bertz CT molecular complexity index is 1520. The van der Waals surface area contributed by atoms with E-state index in [1.165, 1.54) is 6.07 Å². The Morgan fingerprint density at radius 1 is 0.878 bits per heavy atom. The van der Waals surface area contributed by atoms with Gasteiger partial charge in [-0.05, 0) is 35.9 Å². The number of rotatable bonds is 10. The lowest BCUT2D eigenvalue weighted by Crippen LogP contribution is -2.53. The van der Waals surface area contributed by atoms with Crippen molar-refractivity contribution < 1.29 is 41.3 Å². The van der Waals surface area contributed by atoms with Crippen LogP contribution in [0.25, 0.3) is 16.6 Å². The fraction of sp³-hybridized carbons (Fsp3) is 0.286. The number of halogens is 6. The summed E-state index contributed by atoms with van der Waals surface area (Å²) in [6.07, 6.45) is -12.0. The van der Waals surface area contributed by atoms with Gasteiger partial charge in [-0.2, -0.15) is 26.3 Å². The van der Waals surface area contributed by atoms with E-state index in [1.54, 1.807) is 42.5 Å². The average Bonchev–Trinajstić information content (AvgIpc) is 2.92. The number of hydrogen-bond acceptors (Lipinski definition) is 6. The van der Waals surface area contributed by atoms with Gasteiger partial charge in [0, 0.05) is 24.2 Å². The van der Waals surface area contributed by atoms with Crippen molar-refractivity contribution in [2.75, 3.05) is 31.7 Å². The van der Waals surface area contributed by atoms with Crippen molar-refractivity contribution in [3.8, 4) is 5.69 Å². The van der Waals surface area contributed by atoms with E-state index in [0.29, 0.717) is 29.9 Å². The van der Waals surface area contributed by atoms with Crippen LogP contribution in [0.5, 0.6) is 0 Å². The highest BCUT2D eigenvalue weighted by Crippen LogP contribution is 2.50. The van der Waals surface area contributed by atoms with Gasteiger partial charge >= 0.3 is 12.4 Å². The lowest BCUT2D eigenvalue weighted by molar-refractivity contribution is -0.376. The SMILES string of the molecule is O=c1c2cc(NCCOCCO)ccc2nc(Cc2ccccc2)n1-c1ccc(C(O)(C(F)(F)F)C(F)(F)F)cc1. The summed E-state index contributed by atoms with van der Waals surface area (Å²) in [5, 5.41) is 21.8. The molecule has 0 spiro atoms. The lowest BCUT2D eigenvalue weighted by atomic mass is 9.92. The van der Waals surface area contributed by atoms with Gasteiger partial charge in [-0.3, -0.25) is 9.36 Å². The molecule has 0 amide bonds. The molecule has 0 aliphatic heterocycles. The number of ether oxygens (including phenoxy) is 1. The first kappa shape index (κ1) is 30.0. The molecule has 0 bridgehead atoms. The molecule has 41 heavy (non-hydrogen) atoms. The van der Waals surface area contributed by atoms with Crippen LogP contribution >= 0.6 is 0 Å². The molecule has 0 radical (unpaired) electrons. The Hall–Kier alpha value is -3.94. The Balaban J connectivity index is 1.81. The van der Waals surface area contributed by atoms with E-state index in [4.69, 9.17) is 9.84 Å². The first-order valence-electron chi connectivity index (χ1n) is 12.4. The van der Waals surface area contributed by atoms with E-state index in [2.05, 4.69) is 10.3 Å². The van der Waals surface area contributed by atoms with Gasteiger partial charge in [0.15, 0.2) is 0 Å². The largest absolute Gasteiger partial charge is 0.430 e. The minimum absolute atomic E-state index is 0.0402. The van der Waals surface area contributed by atoms with E-state index in [-0.39, 0.29) is 43.1 Å². The van der Waals surface area contributed by atoms with Crippen LogP contribution in [0.15, 0.2) is 77.6 Å². The summed E-state index contributed by atoms with van der Waals surface area (Å²) in [7, 11) is 0. The number of aromatic nitrogens is 2. The van der Waals surface area contributed by atoms with Crippen LogP contribution in [0.1, 0.15) is 17.0 Å². The van der Waals surface area contributed by atoms with Gasteiger partial charge < -0.3 is 20.3 Å². The van der Waals surface area contributed by atoms with Crippen LogP contribution in [0.3, 0.4) is 0 Å². The Labute approximate surface area is 229 Å². The molecule has 1 aromatic heterocycles. The molecule has 218 valence electrons. The monoisotopic (exact) mass is 581 g/mol. The summed E-state index contributed by atoms with van der Waals surface area (Å²) in [5.41, 5.74) is -5.55. The molecule has 0 aliphatic rings. The van der Waals surface area contributed by atoms with E-state index in [1.807, 2.05) is 0 Å². The zero-order valence-electron chi connectivity index (χ0n) is 21.3. The second kappa shape index (κ2) is 11.9. The summed E-state index contributed by atoms with van der Waals surface area (Å²) in [6, 6.07) is 16.5. The second-order valence-electron chi connectivity index (χ2n) is 9.08.